The Labute approximate surface area is 145 Å². The number of nitrogens with one attached hydrogen (secondary N) is 1. The summed E-state index contributed by atoms with van der Waals surface area (Å²) in [5, 5.41) is 4.03. The summed E-state index contributed by atoms with van der Waals surface area (Å²) in [7, 11) is 0. The van der Waals surface area contributed by atoms with Gasteiger partial charge in [-0.2, -0.15) is 4.98 Å². The van der Waals surface area contributed by atoms with Crippen LogP contribution in [0.3, 0.4) is 0 Å². The molecule has 8 heteroatoms. The summed E-state index contributed by atoms with van der Waals surface area (Å²) in [5.41, 5.74) is 0.163. The first-order valence-corrected chi connectivity index (χ1v) is 8.31. The number of amides is 1. The number of likely N-dealkylation sites (tertiary alicyclic amines) is 1. The molecule has 0 bridgehead atoms. The fourth-order valence-electron chi connectivity index (χ4n) is 2.78. The second-order valence-corrected chi connectivity index (χ2v) is 7.12. The number of ether oxygens (including phenoxy) is 1. The average molecular weight is 346 g/mol. The molecule has 2 aromatic rings. The standard InChI is InChI=1S/C17H22N4O4/c1-17(2,3)24-16(23)21-8-4-5-12(21)15-19-14(25-20-15)9-11-6-7-13(22)18-10-11/h6-7,10,12H,4-5,8-9H2,1-3H3,(H,18,22). The summed E-state index contributed by atoms with van der Waals surface area (Å²) in [5.74, 6) is 0.931. The van der Waals surface area contributed by atoms with Gasteiger partial charge in [-0.25, -0.2) is 4.79 Å². The molecular formula is C17H22N4O4. The fourth-order valence-corrected chi connectivity index (χ4v) is 2.78. The summed E-state index contributed by atoms with van der Waals surface area (Å²) >= 11 is 0. The van der Waals surface area contributed by atoms with Gasteiger partial charge in [-0.3, -0.25) is 9.69 Å². The molecule has 1 N–H and O–H groups in total. The fraction of sp³-hybridized carbons (Fsp3) is 0.529. The van der Waals surface area contributed by atoms with E-state index in [4.69, 9.17) is 9.26 Å². The smallest absolute Gasteiger partial charge is 0.410 e. The number of nitrogens with zero attached hydrogens (tertiary/aromatic N) is 3. The summed E-state index contributed by atoms with van der Waals surface area (Å²) in [6.07, 6.45) is 3.32. The Morgan fingerprint density at radius 1 is 1.44 bits per heavy atom. The first kappa shape index (κ1) is 17.2. The second kappa shape index (κ2) is 6.70. The van der Waals surface area contributed by atoms with Gasteiger partial charge in [-0.15, -0.1) is 0 Å². The predicted molar refractivity (Wildman–Crippen MR) is 89.1 cm³/mol. The van der Waals surface area contributed by atoms with Gasteiger partial charge in [0.2, 0.25) is 11.4 Å². The van der Waals surface area contributed by atoms with Crippen molar-refractivity contribution in [2.24, 2.45) is 0 Å². The number of hydrogen-bond donors (Lipinski definition) is 1. The Morgan fingerprint density at radius 3 is 2.92 bits per heavy atom. The van der Waals surface area contributed by atoms with E-state index in [0.29, 0.717) is 24.7 Å². The zero-order valence-electron chi connectivity index (χ0n) is 14.6. The summed E-state index contributed by atoms with van der Waals surface area (Å²) in [6, 6.07) is 2.93. The molecule has 0 saturated carbocycles. The lowest BCUT2D eigenvalue weighted by molar-refractivity contribution is 0.0217. The van der Waals surface area contributed by atoms with Gasteiger partial charge in [0.25, 0.3) is 0 Å². The number of aromatic nitrogens is 3. The van der Waals surface area contributed by atoms with Crippen LogP contribution in [0.1, 0.15) is 56.9 Å². The van der Waals surface area contributed by atoms with Crippen LogP contribution in [-0.4, -0.2) is 38.3 Å². The first-order valence-electron chi connectivity index (χ1n) is 8.31. The van der Waals surface area contributed by atoms with E-state index < -0.39 is 5.60 Å². The molecule has 1 atom stereocenters. The maximum Gasteiger partial charge on any atom is 0.410 e. The van der Waals surface area contributed by atoms with Gasteiger partial charge in [-0.05, 0) is 39.2 Å². The van der Waals surface area contributed by atoms with Crippen LogP contribution < -0.4 is 5.56 Å². The van der Waals surface area contributed by atoms with Gasteiger partial charge in [-0.1, -0.05) is 11.2 Å². The second-order valence-electron chi connectivity index (χ2n) is 7.12. The van der Waals surface area contributed by atoms with Gasteiger partial charge < -0.3 is 14.2 Å². The van der Waals surface area contributed by atoms with E-state index in [1.807, 2.05) is 20.8 Å². The maximum absolute atomic E-state index is 12.4. The normalized spacial score (nSPS) is 17.7. The van der Waals surface area contributed by atoms with Gasteiger partial charge in [0.1, 0.15) is 5.60 Å². The maximum atomic E-state index is 12.4. The van der Waals surface area contributed by atoms with Crippen molar-refractivity contribution in [2.45, 2.75) is 51.7 Å². The van der Waals surface area contributed by atoms with Crippen LogP contribution in [0, 0.1) is 0 Å². The molecule has 1 aliphatic rings. The van der Waals surface area contributed by atoms with Crippen molar-refractivity contribution < 1.29 is 14.1 Å². The molecule has 0 aliphatic carbocycles. The number of aromatic amines is 1. The largest absolute Gasteiger partial charge is 0.444 e. The van der Waals surface area contributed by atoms with Gasteiger partial charge >= 0.3 is 6.09 Å². The molecule has 1 unspecified atom stereocenters. The topological polar surface area (TPSA) is 101 Å². The van der Waals surface area contributed by atoms with E-state index >= 15 is 0 Å². The van der Waals surface area contributed by atoms with E-state index in [2.05, 4.69) is 15.1 Å². The molecule has 8 nitrogen and oxygen atoms in total. The van der Waals surface area contributed by atoms with Crippen molar-refractivity contribution in [2.75, 3.05) is 6.54 Å². The van der Waals surface area contributed by atoms with Crippen LogP contribution in [-0.2, 0) is 11.2 Å². The lowest BCUT2D eigenvalue weighted by atomic mass is 10.2. The minimum Gasteiger partial charge on any atom is -0.444 e. The van der Waals surface area contributed by atoms with Crippen molar-refractivity contribution in [1.29, 1.82) is 0 Å². The molecular weight excluding hydrogens is 324 g/mol. The van der Waals surface area contributed by atoms with E-state index in [9.17, 15) is 9.59 Å². The highest BCUT2D eigenvalue weighted by atomic mass is 16.6. The number of carbonyl (C=O) groups excluding carboxylic acids is 1. The summed E-state index contributed by atoms with van der Waals surface area (Å²) in [4.78, 5) is 32.1. The van der Waals surface area contributed by atoms with Gasteiger partial charge in [0, 0.05) is 18.8 Å². The molecule has 2 aromatic heterocycles. The monoisotopic (exact) mass is 346 g/mol. The Balaban J connectivity index is 1.71. The van der Waals surface area contributed by atoms with Crippen LogP contribution in [0.2, 0.25) is 0 Å². The van der Waals surface area contributed by atoms with E-state index in [0.717, 1.165) is 18.4 Å². The van der Waals surface area contributed by atoms with Crippen LogP contribution in [0.4, 0.5) is 4.79 Å². The lowest BCUT2D eigenvalue weighted by Gasteiger charge is -2.27. The molecule has 1 fully saturated rings. The quantitative estimate of drug-likeness (QED) is 0.916. The van der Waals surface area contributed by atoms with Gasteiger partial charge in [0.15, 0.2) is 5.82 Å². The van der Waals surface area contributed by atoms with E-state index in [1.165, 1.54) is 6.07 Å². The Bertz CT molecular complexity index is 785. The van der Waals surface area contributed by atoms with E-state index in [1.54, 1.807) is 17.2 Å². The number of rotatable bonds is 3. The summed E-state index contributed by atoms with van der Waals surface area (Å²) < 4.78 is 10.8. The third-order valence-electron chi connectivity index (χ3n) is 3.87. The predicted octanol–water partition coefficient (Wildman–Crippen LogP) is 2.42. The van der Waals surface area contributed by atoms with Crippen molar-refractivity contribution in [1.82, 2.24) is 20.0 Å². The third kappa shape index (κ3) is 4.26. The van der Waals surface area contributed by atoms with Crippen molar-refractivity contribution in [3.8, 4) is 0 Å². The highest BCUT2D eigenvalue weighted by Gasteiger charge is 2.35. The number of H-pyrrole nitrogens is 1. The molecule has 1 amide bonds. The number of pyridine rings is 1. The van der Waals surface area contributed by atoms with Crippen molar-refractivity contribution in [3.05, 3.63) is 46.0 Å². The molecule has 0 radical (unpaired) electrons. The Hall–Kier alpha value is -2.64. The number of hydrogen-bond acceptors (Lipinski definition) is 6. The van der Waals surface area contributed by atoms with Crippen molar-refractivity contribution in [3.63, 3.8) is 0 Å². The molecule has 0 aromatic carbocycles. The highest BCUT2D eigenvalue weighted by molar-refractivity contribution is 5.69. The zero-order valence-corrected chi connectivity index (χ0v) is 14.6. The molecule has 3 heterocycles. The van der Waals surface area contributed by atoms with Crippen LogP contribution in [0.5, 0.6) is 0 Å². The highest BCUT2D eigenvalue weighted by Crippen LogP contribution is 2.31. The number of carbonyl (C=O) groups is 1. The Kier molecular flexibility index (Phi) is 4.61. The molecule has 3 rings (SSSR count). The van der Waals surface area contributed by atoms with Crippen LogP contribution in [0.15, 0.2) is 27.6 Å². The summed E-state index contributed by atoms with van der Waals surface area (Å²) in [6.45, 7) is 6.13. The zero-order chi connectivity index (χ0) is 18.0. The molecule has 134 valence electrons. The van der Waals surface area contributed by atoms with Gasteiger partial charge in [0.05, 0.1) is 12.5 Å². The van der Waals surface area contributed by atoms with Crippen molar-refractivity contribution >= 4 is 6.09 Å². The molecule has 0 spiro atoms. The van der Waals surface area contributed by atoms with Crippen LogP contribution in [0.25, 0.3) is 0 Å². The SMILES string of the molecule is CC(C)(C)OC(=O)N1CCCC1c1noc(Cc2ccc(=O)[nH]c2)n1. The molecule has 1 aliphatic heterocycles. The minimum atomic E-state index is -0.545. The third-order valence-corrected chi connectivity index (χ3v) is 3.87. The Morgan fingerprint density at radius 2 is 2.24 bits per heavy atom. The first-order chi connectivity index (χ1) is 11.8. The lowest BCUT2D eigenvalue weighted by Crippen LogP contribution is -2.36. The molecule has 1 saturated heterocycles. The molecule has 25 heavy (non-hydrogen) atoms. The average Bonchev–Trinajstić information content (AvgIpc) is 3.16. The van der Waals surface area contributed by atoms with E-state index in [-0.39, 0.29) is 17.7 Å². The van der Waals surface area contributed by atoms with Crippen LogP contribution >= 0.6 is 0 Å². The minimum absolute atomic E-state index is 0.158.